The second-order valence-electron chi connectivity index (χ2n) is 6.91. The largest absolute Gasteiger partial charge is 0.469 e. The topological polar surface area (TPSA) is 90.9 Å². The molecule has 3 aromatic rings. The minimum absolute atomic E-state index is 0.0168. The maximum Gasteiger partial charge on any atom is 0.270 e. The number of hydrogen-bond acceptors (Lipinski definition) is 4. The summed E-state index contributed by atoms with van der Waals surface area (Å²) in [5.41, 5.74) is 2.64. The molecule has 0 fully saturated rings. The summed E-state index contributed by atoms with van der Waals surface area (Å²) in [5, 5.41) is 9.39. The van der Waals surface area contributed by atoms with Gasteiger partial charge >= 0.3 is 0 Å². The van der Waals surface area contributed by atoms with Crippen molar-refractivity contribution in [2.45, 2.75) is 24.7 Å². The van der Waals surface area contributed by atoms with Crippen molar-refractivity contribution in [3.8, 4) is 0 Å². The summed E-state index contributed by atoms with van der Waals surface area (Å²) >= 11 is 6.03. The Labute approximate surface area is 159 Å². The van der Waals surface area contributed by atoms with Crippen LogP contribution in [0.4, 0.5) is 5.82 Å². The summed E-state index contributed by atoms with van der Waals surface area (Å²) in [4.78, 5) is 25.6. The molecule has 6 nitrogen and oxygen atoms in total. The Hall–Kier alpha value is -2.99. The first-order valence-corrected chi connectivity index (χ1v) is 9.12. The molecule has 0 saturated carbocycles. The van der Waals surface area contributed by atoms with Crippen LogP contribution in [0.1, 0.15) is 41.6 Å². The van der Waals surface area contributed by atoms with Crippen molar-refractivity contribution in [1.29, 1.82) is 0 Å². The number of hydrogen-bond donors (Lipinski definition) is 3. The predicted octanol–water partition coefficient (Wildman–Crippen LogP) is 3.91. The number of nitrogens with one attached hydrogen (secondary N) is 3. The number of rotatable bonds is 2. The van der Waals surface area contributed by atoms with Gasteiger partial charge in [0.2, 0.25) is 0 Å². The highest BCUT2D eigenvalue weighted by Crippen LogP contribution is 2.46. The Bertz CT molecular complexity index is 1110. The average molecular weight is 382 g/mol. The van der Waals surface area contributed by atoms with Gasteiger partial charge in [-0.05, 0) is 36.2 Å². The third-order valence-electron chi connectivity index (χ3n) is 5.32. The first-order chi connectivity index (χ1) is 13.1. The fourth-order valence-corrected chi connectivity index (χ4v) is 4.26. The number of H-pyrrole nitrogens is 2. The van der Waals surface area contributed by atoms with Crippen LogP contribution in [0.25, 0.3) is 0 Å². The van der Waals surface area contributed by atoms with Gasteiger partial charge in [-0.1, -0.05) is 23.7 Å². The predicted molar refractivity (Wildman–Crippen MR) is 101 cm³/mol. The van der Waals surface area contributed by atoms with Gasteiger partial charge in [-0.25, -0.2) is 0 Å². The Kier molecular flexibility index (Phi) is 3.62. The van der Waals surface area contributed by atoms with E-state index in [0.29, 0.717) is 34.8 Å². The third kappa shape index (κ3) is 2.56. The minimum atomic E-state index is -0.423. The van der Waals surface area contributed by atoms with Gasteiger partial charge in [0.05, 0.1) is 11.8 Å². The summed E-state index contributed by atoms with van der Waals surface area (Å²) < 4.78 is 5.52. The lowest BCUT2D eigenvalue weighted by Crippen LogP contribution is -2.31. The highest BCUT2D eigenvalue weighted by molar-refractivity contribution is 6.30. The normalized spacial score (nSPS) is 21.6. The first kappa shape index (κ1) is 16.2. The van der Waals surface area contributed by atoms with Gasteiger partial charge in [0.15, 0.2) is 5.78 Å². The maximum absolute atomic E-state index is 13.1. The van der Waals surface area contributed by atoms with Gasteiger partial charge in [-0.3, -0.25) is 19.8 Å². The van der Waals surface area contributed by atoms with E-state index in [4.69, 9.17) is 16.0 Å². The van der Waals surface area contributed by atoms with Crippen LogP contribution in [-0.4, -0.2) is 16.0 Å². The number of halogens is 1. The number of carbonyl (C=O) groups is 1. The SMILES string of the molecule is O=C1CC(c2ccco2)CC2=C1C(c1ccc(Cl)cc1)c1c([nH][nH]c1=O)N2. The summed E-state index contributed by atoms with van der Waals surface area (Å²) in [6, 6.07) is 11.0. The van der Waals surface area contributed by atoms with E-state index in [0.717, 1.165) is 17.0 Å². The van der Waals surface area contributed by atoms with Crippen LogP contribution in [0, 0.1) is 0 Å². The average Bonchev–Trinajstić information content (AvgIpc) is 3.31. The minimum Gasteiger partial charge on any atom is -0.469 e. The smallest absolute Gasteiger partial charge is 0.270 e. The number of carbonyl (C=O) groups excluding carboxylic acids is 1. The van der Waals surface area contributed by atoms with Crippen molar-refractivity contribution in [3.05, 3.63) is 86.2 Å². The molecule has 0 bridgehead atoms. The van der Waals surface area contributed by atoms with E-state index in [1.165, 1.54) is 0 Å². The standard InChI is InChI=1S/C20H16ClN3O3/c21-12-5-3-10(4-6-12)16-17-13(22-19-18(16)20(26)24-23-19)8-11(9-14(17)25)15-2-1-7-27-15/h1-7,11,16H,8-9H2,(H3,22,23,24,26). The van der Waals surface area contributed by atoms with E-state index in [1.54, 1.807) is 18.4 Å². The van der Waals surface area contributed by atoms with Crippen LogP contribution in [-0.2, 0) is 4.79 Å². The molecule has 1 aromatic carbocycles. The molecule has 2 aromatic heterocycles. The molecule has 7 heteroatoms. The van der Waals surface area contributed by atoms with Crippen LogP contribution in [0.5, 0.6) is 0 Å². The molecule has 3 N–H and O–H groups in total. The number of fused-ring (bicyclic) bond motifs is 1. The van der Waals surface area contributed by atoms with Gasteiger partial charge in [0, 0.05) is 34.5 Å². The van der Waals surface area contributed by atoms with Gasteiger partial charge < -0.3 is 9.73 Å². The van der Waals surface area contributed by atoms with Crippen LogP contribution in [0.3, 0.4) is 0 Å². The van der Waals surface area contributed by atoms with Gasteiger partial charge in [0.1, 0.15) is 11.6 Å². The Balaban J connectivity index is 1.65. The molecule has 2 atom stereocenters. The molecule has 3 heterocycles. The summed E-state index contributed by atoms with van der Waals surface area (Å²) in [7, 11) is 0. The monoisotopic (exact) mass is 381 g/mol. The number of aromatic nitrogens is 2. The Morgan fingerprint density at radius 2 is 1.85 bits per heavy atom. The van der Waals surface area contributed by atoms with E-state index in [-0.39, 0.29) is 17.3 Å². The van der Waals surface area contributed by atoms with Gasteiger partial charge in [-0.2, -0.15) is 0 Å². The molecule has 0 amide bonds. The molecule has 0 spiro atoms. The zero-order valence-electron chi connectivity index (χ0n) is 14.2. The molecule has 1 aliphatic heterocycles. The number of Topliss-reactive ketones (excluding diaryl/α,β-unsaturated/α-hetero) is 1. The number of aromatic amines is 2. The van der Waals surface area contributed by atoms with Crippen molar-refractivity contribution in [2.24, 2.45) is 0 Å². The molecular weight excluding hydrogens is 366 g/mol. The zero-order valence-corrected chi connectivity index (χ0v) is 15.0. The van der Waals surface area contributed by atoms with Crippen molar-refractivity contribution in [3.63, 3.8) is 0 Å². The van der Waals surface area contributed by atoms with Gasteiger partial charge in [-0.15, -0.1) is 0 Å². The van der Waals surface area contributed by atoms with E-state index >= 15 is 0 Å². The summed E-state index contributed by atoms with van der Waals surface area (Å²) in [6.07, 6.45) is 2.62. The van der Waals surface area contributed by atoms with Crippen LogP contribution in [0.2, 0.25) is 5.02 Å². The fraction of sp³-hybridized carbons (Fsp3) is 0.200. The van der Waals surface area contributed by atoms with E-state index < -0.39 is 5.92 Å². The number of allylic oxidation sites excluding steroid dienone is 2. The molecule has 2 unspecified atom stereocenters. The quantitative estimate of drug-likeness (QED) is 0.627. The number of ketones is 1. The lowest BCUT2D eigenvalue weighted by Gasteiger charge is -2.33. The van der Waals surface area contributed by atoms with Crippen molar-refractivity contribution in [1.82, 2.24) is 10.2 Å². The van der Waals surface area contributed by atoms with Gasteiger partial charge in [0.25, 0.3) is 5.56 Å². The van der Waals surface area contributed by atoms with Crippen molar-refractivity contribution < 1.29 is 9.21 Å². The number of benzene rings is 1. The second kappa shape index (κ2) is 6.03. The molecule has 5 rings (SSSR count). The Morgan fingerprint density at radius 3 is 2.59 bits per heavy atom. The molecule has 136 valence electrons. The lowest BCUT2D eigenvalue weighted by molar-refractivity contribution is -0.116. The molecular formula is C20H16ClN3O3. The van der Waals surface area contributed by atoms with E-state index in [1.807, 2.05) is 24.3 Å². The highest BCUT2D eigenvalue weighted by Gasteiger charge is 2.40. The second-order valence-corrected chi connectivity index (χ2v) is 7.35. The molecule has 1 aliphatic carbocycles. The highest BCUT2D eigenvalue weighted by atomic mass is 35.5. The summed E-state index contributed by atoms with van der Waals surface area (Å²) in [5.74, 6) is 0.987. The first-order valence-electron chi connectivity index (χ1n) is 8.74. The number of anilines is 1. The van der Waals surface area contributed by atoms with Crippen LogP contribution >= 0.6 is 11.6 Å². The zero-order chi connectivity index (χ0) is 18.5. The molecule has 27 heavy (non-hydrogen) atoms. The lowest BCUT2D eigenvalue weighted by atomic mass is 9.74. The number of furan rings is 1. The van der Waals surface area contributed by atoms with Crippen molar-refractivity contribution in [2.75, 3.05) is 5.32 Å². The summed E-state index contributed by atoms with van der Waals surface area (Å²) in [6.45, 7) is 0. The van der Waals surface area contributed by atoms with E-state index in [9.17, 15) is 9.59 Å². The van der Waals surface area contributed by atoms with Crippen LogP contribution in [0.15, 0.2) is 63.1 Å². The Morgan fingerprint density at radius 1 is 1.04 bits per heavy atom. The third-order valence-corrected chi connectivity index (χ3v) is 5.58. The molecule has 2 aliphatic rings. The van der Waals surface area contributed by atoms with E-state index in [2.05, 4.69) is 15.5 Å². The van der Waals surface area contributed by atoms with Crippen LogP contribution < -0.4 is 10.9 Å². The molecule has 0 saturated heterocycles. The fourth-order valence-electron chi connectivity index (χ4n) is 4.13. The molecule has 0 radical (unpaired) electrons. The maximum atomic E-state index is 13.1. The van der Waals surface area contributed by atoms with Crippen molar-refractivity contribution >= 4 is 23.2 Å².